The predicted octanol–water partition coefficient (Wildman–Crippen LogP) is 2.66. The third kappa shape index (κ3) is 3.91. The van der Waals surface area contributed by atoms with Crippen LogP contribution < -0.4 is 15.4 Å². The lowest BCUT2D eigenvalue weighted by Crippen LogP contribution is -2.19. The zero-order valence-corrected chi connectivity index (χ0v) is 10.8. The highest BCUT2D eigenvalue weighted by Crippen LogP contribution is 2.10. The van der Waals surface area contributed by atoms with Crippen molar-refractivity contribution in [2.45, 2.75) is 6.92 Å². The number of anilines is 2. The van der Waals surface area contributed by atoms with Crippen molar-refractivity contribution in [3.05, 3.63) is 42.5 Å². The van der Waals surface area contributed by atoms with E-state index in [0.717, 1.165) is 0 Å². The molecule has 0 atom stereocenters. The van der Waals surface area contributed by atoms with Gasteiger partial charge in [-0.15, -0.1) is 0 Å². The topological polar surface area (TPSA) is 76.1 Å². The van der Waals surface area contributed by atoms with E-state index < -0.39 is 6.03 Å². The number of ether oxygens (including phenoxy) is 1. The molecule has 0 radical (unpaired) electrons. The normalized spacial score (nSPS) is 9.90. The van der Waals surface area contributed by atoms with Crippen LogP contribution in [0.15, 0.2) is 36.7 Å². The van der Waals surface area contributed by atoms with Crippen LogP contribution in [-0.4, -0.2) is 22.6 Å². The molecule has 1 heterocycles. The number of amides is 2. The molecule has 2 N–H and O–H groups in total. The molecular weight excluding hydrogens is 263 g/mol. The molecule has 1 aromatic heterocycles. The smallest absolute Gasteiger partial charge is 0.323 e. The highest BCUT2D eigenvalue weighted by molar-refractivity contribution is 5.99. The predicted molar refractivity (Wildman–Crippen MR) is 72.2 cm³/mol. The van der Waals surface area contributed by atoms with Gasteiger partial charge in [0.15, 0.2) is 0 Å². The first-order valence-electron chi connectivity index (χ1n) is 5.96. The first-order chi connectivity index (χ1) is 9.67. The van der Waals surface area contributed by atoms with Gasteiger partial charge in [-0.3, -0.25) is 0 Å². The van der Waals surface area contributed by atoms with Crippen LogP contribution in [0.4, 0.5) is 20.6 Å². The molecule has 0 aliphatic rings. The van der Waals surface area contributed by atoms with Gasteiger partial charge in [-0.1, -0.05) is 0 Å². The Kier molecular flexibility index (Phi) is 4.43. The van der Waals surface area contributed by atoms with Crippen molar-refractivity contribution in [2.24, 2.45) is 0 Å². The molecule has 104 valence electrons. The standard InChI is InChI=1S/C13H13FN4O2/c1-2-20-13-15-7-11(8-16-13)18-12(19)17-10-5-3-9(14)4-6-10/h3-8H,2H2,1H3,(H2,17,18,19). The molecule has 0 aliphatic carbocycles. The van der Waals surface area contributed by atoms with Crippen molar-refractivity contribution in [2.75, 3.05) is 17.2 Å². The number of carbonyl (C=O) groups is 1. The fourth-order valence-corrected chi connectivity index (χ4v) is 1.41. The molecule has 0 unspecified atom stereocenters. The van der Waals surface area contributed by atoms with Gasteiger partial charge < -0.3 is 15.4 Å². The molecule has 0 bridgehead atoms. The van der Waals surface area contributed by atoms with Crippen molar-refractivity contribution in [1.82, 2.24) is 9.97 Å². The fraction of sp³-hybridized carbons (Fsp3) is 0.154. The van der Waals surface area contributed by atoms with Crippen LogP contribution in [0.5, 0.6) is 6.01 Å². The minimum Gasteiger partial charge on any atom is -0.464 e. The number of benzene rings is 1. The Morgan fingerprint density at radius 3 is 2.35 bits per heavy atom. The van der Waals surface area contributed by atoms with E-state index in [0.29, 0.717) is 18.0 Å². The molecule has 0 aliphatic heterocycles. The van der Waals surface area contributed by atoms with Crippen LogP contribution in [0, 0.1) is 5.82 Å². The molecule has 6 nitrogen and oxygen atoms in total. The summed E-state index contributed by atoms with van der Waals surface area (Å²) in [6.07, 6.45) is 2.87. The maximum absolute atomic E-state index is 12.7. The number of carbonyl (C=O) groups excluding carboxylic acids is 1. The Morgan fingerprint density at radius 1 is 1.15 bits per heavy atom. The van der Waals surface area contributed by atoms with Crippen LogP contribution >= 0.6 is 0 Å². The van der Waals surface area contributed by atoms with E-state index in [2.05, 4.69) is 20.6 Å². The molecule has 2 rings (SSSR count). The zero-order chi connectivity index (χ0) is 14.4. The summed E-state index contributed by atoms with van der Waals surface area (Å²) in [6.45, 7) is 2.30. The lowest BCUT2D eigenvalue weighted by molar-refractivity contribution is 0.262. The highest BCUT2D eigenvalue weighted by atomic mass is 19.1. The lowest BCUT2D eigenvalue weighted by Gasteiger charge is -2.07. The SMILES string of the molecule is CCOc1ncc(NC(=O)Nc2ccc(F)cc2)cn1. The number of hydrogen-bond acceptors (Lipinski definition) is 4. The van der Waals surface area contributed by atoms with Crippen molar-refractivity contribution in [3.8, 4) is 6.01 Å². The summed E-state index contributed by atoms with van der Waals surface area (Å²) in [6, 6.07) is 5.22. The van der Waals surface area contributed by atoms with Gasteiger partial charge in [-0.05, 0) is 31.2 Å². The van der Waals surface area contributed by atoms with Crippen molar-refractivity contribution in [3.63, 3.8) is 0 Å². The van der Waals surface area contributed by atoms with E-state index in [1.165, 1.54) is 36.7 Å². The summed E-state index contributed by atoms with van der Waals surface area (Å²) in [5, 5.41) is 5.10. The number of aromatic nitrogens is 2. The monoisotopic (exact) mass is 276 g/mol. The average Bonchev–Trinajstić information content (AvgIpc) is 2.44. The van der Waals surface area contributed by atoms with Crippen LogP contribution in [0.25, 0.3) is 0 Å². The molecule has 0 fully saturated rings. The summed E-state index contributed by atoms with van der Waals surface area (Å²) in [5.41, 5.74) is 0.906. The maximum Gasteiger partial charge on any atom is 0.323 e. The number of urea groups is 1. The van der Waals surface area contributed by atoms with E-state index in [4.69, 9.17) is 4.74 Å². The van der Waals surface area contributed by atoms with Crippen LogP contribution in [0.1, 0.15) is 6.92 Å². The number of halogens is 1. The Labute approximate surface area is 115 Å². The quantitative estimate of drug-likeness (QED) is 0.900. The van der Waals surface area contributed by atoms with Crippen molar-refractivity contribution in [1.29, 1.82) is 0 Å². The van der Waals surface area contributed by atoms with E-state index in [-0.39, 0.29) is 11.8 Å². The van der Waals surface area contributed by atoms with Crippen LogP contribution in [0.3, 0.4) is 0 Å². The summed E-state index contributed by atoms with van der Waals surface area (Å²) in [5.74, 6) is -0.365. The fourth-order valence-electron chi connectivity index (χ4n) is 1.41. The molecule has 2 amide bonds. The first kappa shape index (κ1) is 13.7. The van der Waals surface area contributed by atoms with Gasteiger partial charge in [-0.25, -0.2) is 19.2 Å². The number of rotatable bonds is 4. The third-order valence-corrected chi connectivity index (χ3v) is 2.26. The Hall–Kier alpha value is -2.70. The van der Waals surface area contributed by atoms with E-state index >= 15 is 0 Å². The van der Waals surface area contributed by atoms with Crippen LogP contribution in [0.2, 0.25) is 0 Å². The third-order valence-electron chi connectivity index (χ3n) is 2.26. The summed E-state index contributed by atoms with van der Waals surface area (Å²) in [4.78, 5) is 19.5. The van der Waals surface area contributed by atoms with E-state index in [1.54, 1.807) is 0 Å². The Bertz CT molecular complexity index is 572. The minimum atomic E-state index is -0.468. The van der Waals surface area contributed by atoms with Gasteiger partial charge in [0.25, 0.3) is 0 Å². The molecule has 0 saturated heterocycles. The van der Waals surface area contributed by atoms with E-state index in [9.17, 15) is 9.18 Å². The molecular formula is C13H13FN4O2. The van der Waals surface area contributed by atoms with E-state index in [1.807, 2.05) is 6.92 Å². The molecule has 20 heavy (non-hydrogen) atoms. The van der Waals surface area contributed by atoms with Gasteiger partial charge in [0.1, 0.15) is 5.82 Å². The largest absolute Gasteiger partial charge is 0.464 e. The number of hydrogen-bond donors (Lipinski definition) is 2. The Balaban J connectivity index is 1.92. The molecule has 7 heteroatoms. The number of nitrogens with one attached hydrogen (secondary N) is 2. The lowest BCUT2D eigenvalue weighted by atomic mass is 10.3. The zero-order valence-electron chi connectivity index (χ0n) is 10.8. The molecule has 0 saturated carbocycles. The maximum atomic E-state index is 12.7. The minimum absolute atomic E-state index is 0.247. The van der Waals surface area contributed by atoms with Gasteiger partial charge in [-0.2, -0.15) is 0 Å². The second kappa shape index (κ2) is 6.46. The highest BCUT2D eigenvalue weighted by Gasteiger charge is 2.04. The molecule has 2 aromatic rings. The van der Waals surface area contributed by atoms with Crippen molar-refractivity contribution < 1.29 is 13.9 Å². The van der Waals surface area contributed by atoms with Gasteiger partial charge >= 0.3 is 12.0 Å². The number of nitrogens with zero attached hydrogens (tertiary/aromatic N) is 2. The first-order valence-corrected chi connectivity index (χ1v) is 5.96. The summed E-state index contributed by atoms with van der Waals surface area (Å²) in [7, 11) is 0. The average molecular weight is 276 g/mol. The second-order valence-electron chi connectivity index (χ2n) is 3.77. The summed E-state index contributed by atoms with van der Waals surface area (Å²) < 4.78 is 17.8. The Morgan fingerprint density at radius 2 is 1.75 bits per heavy atom. The second-order valence-corrected chi connectivity index (χ2v) is 3.77. The molecule has 0 spiro atoms. The summed E-state index contributed by atoms with van der Waals surface area (Å²) >= 11 is 0. The van der Waals surface area contributed by atoms with Gasteiger partial charge in [0, 0.05) is 5.69 Å². The van der Waals surface area contributed by atoms with Gasteiger partial charge in [0.2, 0.25) is 0 Å². The van der Waals surface area contributed by atoms with Crippen molar-refractivity contribution >= 4 is 17.4 Å². The molecule has 1 aromatic carbocycles. The van der Waals surface area contributed by atoms with Gasteiger partial charge in [0.05, 0.1) is 24.7 Å². The van der Waals surface area contributed by atoms with Crippen LogP contribution in [-0.2, 0) is 0 Å².